The van der Waals surface area contributed by atoms with Gasteiger partial charge in [-0.15, -0.1) is 0 Å². The van der Waals surface area contributed by atoms with Crippen molar-refractivity contribution in [2.45, 2.75) is 58.7 Å². The molecule has 1 amide bonds. The average Bonchev–Trinajstić information content (AvgIpc) is 3.31. The van der Waals surface area contributed by atoms with Gasteiger partial charge >= 0.3 is 0 Å². The van der Waals surface area contributed by atoms with Crippen molar-refractivity contribution in [2.24, 2.45) is 0 Å². The van der Waals surface area contributed by atoms with Crippen molar-refractivity contribution in [2.75, 3.05) is 50.2 Å². The zero-order valence-electron chi connectivity index (χ0n) is 29.1. The molecule has 0 unspecified atom stereocenters. The Morgan fingerprint density at radius 3 is 2.53 bits per heavy atom. The van der Waals surface area contributed by atoms with E-state index in [2.05, 4.69) is 89.8 Å². The summed E-state index contributed by atoms with van der Waals surface area (Å²) in [5.41, 5.74) is 8.14. The highest BCUT2D eigenvalue weighted by atomic mass is 16.5. The highest BCUT2D eigenvalue weighted by Crippen LogP contribution is 2.37. The van der Waals surface area contributed by atoms with E-state index in [0.29, 0.717) is 38.8 Å². The van der Waals surface area contributed by atoms with E-state index in [-0.39, 0.29) is 5.91 Å². The number of amides is 1. The summed E-state index contributed by atoms with van der Waals surface area (Å²) in [7, 11) is 2.18. The van der Waals surface area contributed by atoms with Crippen molar-refractivity contribution in [1.29, 1.82) is 0 Å². The smallest absolute Gasteiger partial charge is 0.251 e. The lowest BCUT2D eigenvalue weighted by atomic mass is 9.99. The van der Waals surface area contributed by atoms with Crippen LogP contribution in [0.25, 0.3) is 17.2 Å². The number of benzene rings is 4. The summed E-state index contributed by atoms with van der Waals surface area (Å²) in [5.74, 6) is 1.66. The molecule has 0 radical (unpaired) electrons. The molecule has 4 aromatic rings. The summed E-state index contributed by atoms with van der Waals surface area (Å²) in [6.07, 6.45) is 5.79. The molecule has 1 saturated heterocycles. The summed E-state index contributed by atoms with van der Waals surface area (Å²) in [5, 5.41) is 3.19. The van der Waals surface area contributed by atoms with Crippen LogP contribution in [0.15, 0.2) is 96.6 Å². The molecule has 7 nitrogen and oxygen atoms in total. The summed E-state index contributed by atoms with van der Waals surface area (Å²) in [6, 6.07) is 31.8. The van der Waals surface area contributed by atoms with Crippen molar-refractivity contribution in [3.63, 3.8) is 0 Å². The molecule has 2 heterocycles. The van der Waals surface area contributed by atoms with Gasteiger partial charge in [0.25, 0.3) is 5.91 Å². The molecule has 7 heteroatoms. The first-order chi connectivity index (χ1) is 24.0. The zero-order chi connectivity index (χ0) is 34.0. The predicted molar refractivity (Wildman–Crippen MR) is 199 cm³/mol. The third-order valence-electron chi connectivity index (χ3n) is 9.34. The number of rotatable bonds is 13. The number of ether oxygens (including phenoxy) is 3. The fraction of sp³-hybridized carbons (Fsp3) is 0.357. The van der Waals surface area contributed by atoms with Crippen LogP contribution in [0.4, 0.5) is 11.4 Å². The van der Waals surface area contributed by atoms with Crippen LogP contribution >= 0.6 is 0 Å². The molecule has 0 atom stereocenters. The second kappa shape index (κ2) is 16.7. The van der Waals surface area contributed by atoms with E-state index in [4.69, 9.17) is 14.2 Å². The normalized spacial score (nSPS) is 14.9. The Hall–Kier alpha value is -4.59. The van der Waals surface area contributed by atoms with E-state index in [9.17, 15) is 4.79 Å². The van der Waals surface area contributed by atoms with Gasteiger partial charge in [-0.05, 0) is 110 Å². The first-order valence-corrected chi connectivity index (χ1v) is 17.7. The minimum Gasteiger partial charge on any atom is -0.494 e. The van der Waals surface area contributed by atoms with Gasteiger partial charge in [-0.3, -0.25) is 9.69 Å². The number of hydrogen-bond donors (Lipinski definition) is 1. The average molecular weight is 660 g/mol. The summed E-state index contributed by atoms with van der Waals surface area (Å²) in [6.45, 7) is 9.36. The van der Waals surface area contributed by atoms with Crippen molar-refractivity contribution >= 4 is 23.4 Å². The maximum absolute atomic E-state index is 13.8. The topological polar surface area (TPSA) is 63.3 Å². The number of para-hydroxylation sites is 1. The van der Waals surface area contributed by atoms with E-state index < -0.39 is 0 Å². The third kappa shape index (κ3) is 8.91. The summed E-state index contributed by atoms with van der Waals surface area (Å²) in [4.78, 5) is 18.6. The highest BCUT2D eigenvalue weighted by molar-refractivity contribution is 6.07. The van der Waals surface area contributed by atoms with Crippen molar-refractivity contribution < 1.29 is 19.0 Å². The predicted octanol–water partition coefficient (Wildman–Crippen LogP) is 8.58. The largest absolute Gasteiger partial charge is 0.494 e. The number of anilines is 2. The van der Waals surface area contributed by atoms with Gasteiger partial charge in [0, 0.05) is 61.4 Å². The molecule has 0 saturated carbocycles. The van der Waals surface area contributed by atoms with Crippen LogP contribution in [0.1, 0.15) is 56.2 Å². The van der Waals surface area contributed by atoms with Gasteiger partial charge in [-0.25, -0.2) is 0 Å². The molecule has 1 N–H and O–H groups in total. The van der Waals surface area contributed by atoms with Crippen LogP contribution < -0.4 is 19.7 Å². The SMILES string of the molecule is CCCOc1cccc(CN2CCC(C(=O)Nc3ccc(CN(C)C4CCOCC4)cc3)=Cc3cc(-c4ccccc4OCC)ccc32)c1. The highest BCUT2D eigenvalue weighted by Gasteiger charge is 2.22. The fourth-order valence-electron chi connectivity index (χ4n) is 6.71. The van der Waals surface area contributed by atoms with Gasteiger partial charge in [-0.2, -0.15) is 0 Å². The number of fused-ring (bicyclic) bond motifs is 1. The molecule has 0 spiro atoms. The van der Waals surface area contributed by atoms with E-state index in [1.165, 1.54) is 11.1 Å². The summed E-state index contributed by atoms with van der Waals surface area (Å²) >= 11 is 0. The second-order valence-corrected chi connectivity index (χ2v) is 12.9. The van der Waals surface area contributed by atoms with E-state index in [1.54, 1.807) is 0 Å². The van der Waals surface area contributed by atoms with E-state index in [1.807, 2.05) is 43.3 Å². The van der Waals surface area contributed by atoms with Crippen LogP contribution in [0.2, 0.25) is 0 Å². The van der Waals surface area contributed by atoms with Gasteiger partial charge in [0.1, 0.15) is 11.5 Å². The van der Waals surface area contributed by atoms with E-state index in [0.717, 1.165) is 84.2 Å². The van der Waals surface area contributed by atoms with Gasteiger partial charge < -0.3 is 24.4 Å². The molecule has 0 aliphatic carbocycles. The molecule has 0 bridgehead atoms. The number of nitrogens with zero attached hydrogens (tertiary/aromatic N) is 2. The Balaban J connectivity index is 1.23. The van der Waals surface area contributed by atoms with Crippen LogP contribution in [0.3, 0.4) is 0 Å². The molecule has 1 fully saturated rings. The lowest BCUT2D eigenvalue weighted by molar-refractivity contribution is -0.112. The first kappa shape index (κ1) is 34.3. The van der Waals surface area contributed by atoms with Crippen molar-refractivity contribution in [3.8, 4) is 22.6 Å². The molecule has 2 aliphatic rings. The van der Waals surface area contributed by atoms with Gasteiger partial charge in [0.15, 0.2) is 0 Å². The molecule has 256 valence electrons. The molecule has 49 heavy (non-hydrogen) atoms. The Morgan fingerprint density at radius 2 is 1.73 bits per heavy atom. The standard InChI is InChI=1S/C42H49N3O4/c1-4-23-49-38-10-8-9-32(26-38)30-45-22-19-34(28-35-27-33(15-18-40(35)45)39-11-6-7-12-41(39)48-5-2)42(46)43-36-16-13-31(14-17-36)29-44(3)37-20-24-47-25-21-37/h6-18,26-28,37H,4-5,19-25,29-30H2,1-3H3,(H,43,46). The number of carbonyl (C=O) groups is 1. The molecule has 2 aliphatic heterocycles. The van der Waals surface area contributed by atoms with Gasteiger partial charge in [0.05, 0.1) is 13.2 Å². The number of carbonyl (C=O) groups excluding carboxylic acids is 1. The van der Waals surface area contributed by atoms with Crippen LogP contribution in [0.5, 0.6) is 11.5 Å². The van der Waals surface area contributed by atoms with Crippen LogP contribution in [0, 0.1) is 0 Å². The molecule has 4 aromatic carbocycles. The number of nitrogens with one attached hydrogen (secondary N) is 1. The summed E-state index contributed by atoms with van der Waals surface area (Å²) < 4.78 is 17.4. The lowest BCUT2D eigenvalue weighted by Crippen LogP contribution is -2.36. The zero-order valence-corrected chi connectivity index (χ0v) is 29.1. The van der Waals surface area contributed by atoms with Crippen LogP contribution in [-0.4, -0.2) is 56.9 Å². The first-order valence-electron chi connectivity index (χ1n) is 17.7. The maximum atomic E-state index is 13.8. The van der Waals surface area contributed by atoms with Gasteiger partial charge in [0.2, 0.25) is 0 Å². The van der Waals surface area contributed by atoms with Crippen LogP contribution in [-0.2, 0) is 22.6 Å². The molecule has 6 rings (SSSR count). The Bertz CT molecular complexity index is 1730. The minimum absolute atomic E-state index is 0.0741. The van der Waals surface area contributed by atoms with Crippen molar-refractivity contribution in [3.05, 3.63) is 113 Å². The van der Waals surface area contributed by atoms with Crippen molar-refractivity contribution in [1.82, 2.24) is 4.90 Å². The van der Waals surface area contributed by atoms with Gasteiger partial charge in [-0.1, -0.05) is 55.5 Å². The quantitative estimate of drug-likeness (QED) is 0.155. The lowest BCUT2D eigenvalue weighted by Gasteiger charge is -2.31. The van der Waals surface area contributed by atoms with E-state index >= 15 is 0 Å². The Morgan fingerprint density at radius 1 is 0.918 bits per heavy atom. The monoisotopic (exact) mass is 659 g/mol. The minimum atomic E-state index is -0.0741. The maximum Gasteiger partial charge on any atom is 0.251 e. The Labute approximate surface area is 291 Å². The molecular formula is C42H49N3O4. The molecular weight excluding hydrogens is 610 g/mol. The molecule has 0 aromatic heterocycles. The number of hydrogen-bond acceptors (Lipinski definition) is 6. The fourth-order valence-corrected chi connectivity index (χ4v) is 6.71. The Kier molecular flexibility index (Phi) is 11.7. The second-order valence-electron chi connectivity index (χ2n) is 12.9. The third-order valence-corrected chi connectivity index (χ3v) is 9.34.